The fourth-order valence-corrected chi connectivity index (χ4v) is 6.94. The number of alkyl carbamates (subject to hydrolysis) is 1. The maximum atomic E-state index is 12.9. The Morgan fingerprint density at radius 3 is 2.77 bits per heavy atom. The smallest absolute Gasteiger partial charge is 0.447 e. The molecule has 6 atom stereocenters. The van der Waals surface area contributed by atoms with Crippen molar-refractivity contribution < 1.29 is 23.6 Å². The molecule has 2 amide bonds. The lowest BCUT2D eigenvalue weighted by atomic mass is 9.43. The molecule has 35 heavy (non-hydrogen) atoms. The Labute approximate surface area is 208 Å². The van der Waals surface area contributed by atoms with Crippen molar-refractivity contribution >= 4 is 19.1 Å². The highest BCUT2D eigenvalue weighted by Crippen LogP contribution is 2.65. The number of carbonyl (C=O) groups excluding carboxylic acids is 2. The number of likely N-dealkylation sites (tertiary alicyclic amines) is 1. The van der Waals surface area contributed by atoms with Crippen LogP contribution in [-0.4, -0.2) is 60.9 Å². The van der Waals surface area contributed by atoms with Gasteiger partial charge in [-0.25, -0.2) is 4.79 Å². The van der Waals surface area contributed by atoms with Crippen LogP contribution in [0.5, 0.6) is 0 Å². The minimum atomic E-state index is -0.543. The van der Waals surface area contributed by atoms with E-state index in [1.165, 1.54) is 12.5 Å². The molecule has 2 heterocycles. The Hall–Kier alpha value is -2.32. The van der Waals surface area contributed by atoms with Crippen molar-refractivity contribution in [2.24, 2.45) is 17.3 Å². The molecule has 0 radical (unpaired) electrons. The highest BCUT2D eigenvalue weighted by molar-refractivity contribution is 6.47. The Morgan fingerprint density at radius 1 is 1.29 bits per heavy atom. The van der Waals surface area contributed by atoms with E-state index in [4.69, 9.17) is 14.0 Å². The Kier molecular flexibility index (Phi) is 6.47. The number of benzene rings is 1. The van der Waals surface area contributed by atoms with Crippen LogP contribution in [0.3, 0.4) is 0 Å². The quantitative estimate of drug-likeness (QED) is 0.475. The van der Waals surface area contributed by atoms with Gasteiger partial charge >= 0.3 is 13.2 Å². The minimum absolute atomic E-state index is 0.0392. The van der Waals surface area contributed by atoms with Crippen molar-refractivity contribution in [3.05, 3.63) is 48.6 Å². The van der Waals surface area contributed by atoms with Gasteiger partial charge in [-0.05, 0) is 67.9 Å². The molecular weight excluding hydrogens is 443 g/mol. The number of nitrogens with zero attached hydrogens (tertiary/aromatic N) is 1. The molecule has 3 aliphatic carbocycles. The third-order valence-electron chi connectivity index (χ3n) is 9.14. The molecule has 2 saturated heterocycles. The maximum Gasteiger partial charge on any atom is 0.482 e. The third-order valence-corrected chi connectivity index (χ3v) is 9.14. The Balaban J connectivity index is 1.26. The van der Waals surface area contributed by atoms with Crippen molar-refractivity contribution in [2.45, 2.75) is 76.6 Å². The fourth-order valence-electron chi connectivity index (χ4n) is 6.94. The predicted octanol–water partition coefficient (Wildman–Crippen LogP) is 3.77. The minimum Gasteiger partial charge on any atom is -0.447 e. The van der Waals surface area contributed by atoms with Gasteiger partial charge in [-0.15, -0.1) is 0 Å². The average molecular weight is 480 g/mol. The zero-order valence-electron chi connectivity index (χ0n) is 21.1. The molecule has 0 aromatic heterocycles. The van der Waals surface area contributed by atoms with Crippen molar-refractivity contribution in [2.75, 3.05) is 13.2 Å². The summed E-state index contributed by atoms with van der Waals surface area (Å²) in [4.78, 5) is 26.7. The summed E-state index contributed by atoms with van der Waals surface area (Å²) in [6.07, 6.45) is 5.30. The van der Waals surface area contributed by atoms with Gasteiger partial charge in [0.15, 0.2) is 0 Å². The second-order valence-corrected chi connectivity index (χ2v) is 11.4. The molecular formula is C27H37BN2O5. The average Bonchev–Trinajstić information content (AvgIpc) is 3.46. The number of rotatable bonds is 7. The summed E-state index contributed by atoms with van der Waals surface area (Å²) in [5.41, 5.74) is 0.993. The summed E-state index contributed by atoms with van der Waals surface area (Å²) in [7, 11) is -0.543. The van der Waals surface area contributed by atoms with Crippen molar-refractivity contribution in [1.82, 2.24) is 10.2 Å². The molecule has 188 valence electrons. The van der Waals surface area contributed by atoms with Crippen LogP contribution in [0.2, 0.25) is 0 Å². The van der Waals surface area contributed by atoms with Crippen molar-refractivity contribution in [1.29, 1.82) is 0 Å². The zero-order chi connectivity index (χ0) is 24.8. The van der Waals surface area contributed by atoms with Gasteiger partial charge < -0.3 is 24.3 Å². The molecule has 1 unspecified atom stereocenters. The van der Waals surface area contributed by atoms with Gasteiger partial charge in [0.25, 0.3) is 0 Å². The molecule has 8 heteroatoms. The van der Waals surface area contributed by atoms with Crippen LogP contribution in [-0.2, 0) is 25.3 Å². The summed E-state index contributed by atoms with van der Waals surface area (Å²) in [6, 6.07) is 9.93. The maximum absolute atomic E-state index is 12.9. The number of hydrogen-bond donors (Lipinski definition) is 1. The van der Waals surface area contributed by atoms with Crippen LogP contribution in [0.25, 0.3) is 0 Å². The van der Waals surface area contributed by atoms with E-state index in [0.717, 1.165) is 24.8 Å². The van der Waals surface area contributed by atoms with E-state index < -0.39 is 13.2 Å². The van der Waals surface area contributed by atoms with Crippen molar-refractivity contribution in [3.8, 4) is 0 Å². The Bertz CT molecular complexity index is 972. The predicted molar refractivity (Wildman–Crippen MR) is 133 cm³/mol. The largest absolute Gasteiger partial charge is 0.482 e. The molecule has 7 nitrogen and oxygen atoms in total. The number of hydrogen-bond acceptors (Lipinski definition) is 5. The van der Waals surface area contributed by atoms with E-state index in [1.807, 2.05) is 30.3 Å². The van der Waals surface area contributed by atoms with Crippen LogP contribution in [0, 0.1) is 17.3 Å². The third kappa shape index (κ3) is 4.40. The van der Waals surface area contributed by atoms with E-state index in [0.29, 0.717) is 24.8 Å². The van der Waals surface area contributed by atoms with E-state index in [2.05, 4.69) is 32.7 Å². The first kappa shape index (κ1) is 24.4. The molecule has 1 N–H and O–H groups in total. The van der Waals surface area contributed by atoms with Crippen LogP contribution in [0.15, 0.2) is 43.0 Å². The number of ether oxygens (including phenoxy) is 1. The van der Waals surface area contributed by atoms with Gasteiger partial charge in [-0.3, -0.25) is 4.79 Å². The van der Waals surface area contributed by atoms with Crippen LogP contribution in [0.4, 0.5) is 4.79 Å². The summed E-state index contributed by atoms with van der Waals surface area (Å²) >= 11 is 0. The molecule has 2 bridgehead atoms. The zero-order valence-corrected chi connectivity index (χ0v) is 21.1. The first-order valence-electron chi connectivity index (χ1n) is 13.0. The fraction of sp³-hybridized carbons (Fsp3) is 0.630. The van der Waals surface area contributed by atoms with E-state index in [1.54, 1.807) is 4.90 Å². The summed E-state index contributed by atoms with van der Waals surface area (Å²) < 4.78 is 18.7. The SMILES string of the molecule is C=CC(=O)N1CCC[C@@H]1COC(=O)NC(Cc1ccccc1)B1O[C@@H]2C[C@@H]3C[C@@H](C3(C)C)[C@]2(C)O1. The highest BCUT2D eigenvalue weighted by Gasteiger charge is 2.68. The second kappa shape index (κ2) is 9.28. The Morgan fingerprint density at radius 2 is 2.06 bits per heavy atom. The van der Waals surface area contributed by atoms with Crippen LogP contribution >= 0.6 is 0 Å². The van der Waals surface area contributed by atoms with E-state index in [9.17, 15) is 9.59 Å². The molecule has 5 fully saturated rings. The van der Waals surface area contributed by atoms with Gasteiger partial charge in [-0.2, -0.15) is 0 Å². The van der Waals surface area contributed by atoms with Crippen molar-refractivity contribution in [3.63, 3.8) is 0 Å². The van der Waals surface area contributed by atoms with Gasteiger partial charge in [0.2, 0.25) is 5.91 Å². The lowest BCUT2D eigenvalue weighted by molar-refractivity contribution is -0.199. The van der Waals surface area contributed by atoms with E-state index >= 15 is 0 Å². The molecule has 0 spiro atoms. The lowest BCUT2D eigenvalue weighted by Gasteiger charge is -2.64. The number of carbonyl (C=O) groups is 2. The van der Waals surface area contributed by atoms with Gasteiger partial charge in [0, 0.05) is 6.54 Å². The van der Waals surface area contributed by atoms with Gasteiger partial charge in [-0.1, -0.05) is 50.8 Å². The molecule has 1 aromatic carbocycles. The normalized spacial score (nSPS) is 33.5. The monoisotopic (exact) mass is 480 g/mol. The first-order chi connectivity index (χ1) is 16.7. The highest BCUT2D eigenvalue weighted by atomic mass is 16.7. The topological polar surface area (TPSA) is 77.1 Å². The number of nitrogens with one attached hydrogen (secondary N) is 1. The van der Waals surface area contributed by atoms with Gasteiger partial charge in [0.05, 0.1) is 23.7 Å². The van der Waals surface area contributed by atoms with Gasteiger partial charge in [0.1, 0.15) is 6.61 Å². The molecule has 5 aliphatic rings. The van der Waals surface area contributed by atoms with Crippen LogP contribution in [0.1, 0.15) is 52.0 Å². The standard InChI is InChI=1S/C27H37BN2O5/c1-5-24(31)30-13-9-12-20(30)17-33-25(32)29-23(14-18-10-7-6-8-11-18)28-34-22-16-19-15-21(26(19,2)3)27(22,4)35-28/h5-8,10-11,19-23H,1,9,12-17H2,2-4H3,(H,29,32)/t19-,20+,21-,22+,23?,27-/m0/s1. The summed E-state index contributed by atoms with van der Waals surface area (Å²) in [5, 5.41) is 3.03. The summed E-state index contributed by atoms with van der Waals surface area (Å²) in [5.74, 6) is 0.598. The second-order valence-electron chi connectivity index (χ2n) is 11.4. The van der Waals surface area contributed by atoms with E-state index in [-0.39, 0.29) is 41.6 Å². The first-order valence-corrected chi connectivity index (χ1v) is 13.0. The molecule has 6 rings (SSSR count). The molecule has 2 aliphatic heterocycles. The summed E-state index contributed by atoms with van der Waals surface area (Å²) in [6.45, 7) is 11.3. The lowest BCUT2D eigenvalue weighted by Crippen LogP contribution is -2.65. The molecule has 1 aromatic rings. The van der Waals surface area contributed by atoms with Crippen LogP contribution < -0.4 is 5.32 Å². The molecule has 3 saturated carbocycles. The number of amides is 2.